The summed E-state index contributed by atoms with van der Waals surface area (Å²) < 4.78 is 5.50. The summed E-state index contributed by atoms with van der Waals surface area (Å²) in [5.41, 5.74) is 2.74. The summed E-state index contributed by atoms with van der Waals surface area (Å²) in [4.78, 5) is 38.1. The molecule has 3 saturated heterocycles. The molecule has 1 aromatic carbocycles. The highest BCUT2D eigenvalue weighted by Gasteiger charge is 2.40. The average Bonchev–Trinajstić information content (AvgIpc) is 3.37. The predicted octanol–water partition coefficient (Wildman–Crippen LogP) is -0.0859. The maximum atomic E-state index is 12.9. The van der Waals surface area contributed by atoms with E-state index in [1.54, 1.807) is 4.90 Å². The summed E-state index contributed by atoms with van der Waals surface area (Å²) in [5.74, 6) is -0.135. The summed E-state index contributed by atoms with van der Waals surface area (Å²) in [6.07, 6.45) is 1.79. The first kappa shape index (κ1) is 18.7. The van der Waals surface area contributed by atoms with Gasteiger partial charge >= 0.3 is 0 Å². The van der Waals surface area contributed by atoms with Gasteiger partial charge in [0.1, 0.15) is 6.04 Å². The SMILES string of the molecule is O=C1CCC(N2Cc3c(CNCC4CC5COCC5N4)cccc3C2=O)C(=O)N1. The second kappa shape index (κ2) is 7.51. The van der Waals surface area contributed by atoms with Gasteiger partial charge in [-0.2, -0.15) is 0 Å². The highest BCUT2D eigenvalue weighted by molar-refractivity contribution is 6.05. The lowest BCUT2D eigenvalue weighted by Gasteiger charge is -2.29. The molecule has 8 nitrogen and oxygen atoms in total. The number of carbonyl (C=O) groups excluding carboxylic acids is 3. The summed E-state index contributed by atoms with van der Waals surface area (Å²) in [7, 11) is 0. The zero-order chi connectivity index (χ0) is 20.0. The minimum Gasteiger partial charge on any atom is -0.379 e. The van der Waals surface area contributed by atoms with Crippen LogP contribution in [-0.4, -0.2) is 60.5 Å². The molecule has 4 atom stereocenters. The molecule has 154 valence electrons. The van der Waals surface area contributed by atoms with Crippen LogP contribution in [0.3, 0.4) is 0 Å². The topological polar surface area (TPSA) is 99.8 Å². The number of amides is 3. The number of imide groups is 1. The third-order valence-electron chi connectivity index (χ3n) is 6.62. The number of fused-ring (bicyclic) bond motifs is 2. The minimum atomic E-state index is -0.572. The van der Waals surface area contributed by atoms with E-state index in [1.165, 1.54) is 0 Å². The van der Waals surface area contributed by atoms with Gasteiger partial charge in [0.05, 0.1) is 13.2 Å². The molecule has 3 amide bonds. The molecule has 4 aliphatic heterocycles. The fraction of sp³-hybridized carbons (Fsp3) is 0.571. The number of nitrogens with one attached hydrogen (secondary N) is 3. The molecular weight excluding hydrogens is 372 g/mol. The van der Waals surface area contributed by atoms with Crippen molar-refractivity contribution in [2.45, 2.75) is 50.5 Å². The molecule has 5 rings (SSSR count). The Kier molecular flexibility index (Phi) is 4.85. The number of rotatable bonds is 5. The van der Waals surface area contributed by atoms with Crippen molar-refractivity contribution < 1.29 is 19.1 Å². The molecule has 0 radical (unpaired) electrons. The van der Waals surface area contributed by atoms with Crippen LogP contribution < -0.4 is 16.0 Å². The van der Waals surface area contributed by atoms with Crippen LogP contribution in [0.25, 0.3) is 0 Å². The van der Waals surface area contributed by atoms with Gasteiger partial charge < -0.3 is 20.3 Å². The van der Waals surface area contributed by atoms with Crippen LogP contribution in [-0.2, 0) is 27.4 Å². The third kappa shape index (κ3) is 3.45. The first-order valence-electron chi connectivity index (χ1n) is 10.4. The Hall–Kier alpha value is -2.29. The maximum absolute atomic E-state index is 12.9. The lowest BCUT2D eigenvalue weighted by Crippen LogP contribution is -2.52. The monoisotopic (exact) mass is 398 g/mol. The molecule has 0 saturated carbocycles. The van der Waals surface area contributed by atoms with Crippen LogP contribution in [0.4, 0.5) is 0 Å². The van der Waals surface area contributed by atoms with Gasteiger partial charge in [0.2, 0.25) is 11.8 Å². The molecular formula is C21H26N4O4. The number of carbonyl (C=O) groups is 3. The van der Waals surface area contributed by atoms with E-state index in [2.05, 4.69) is 16.0 Å². The molecule has 0 aromatic heterocycles. The number of hydrogen-bond acceptors (Lipinski definition) is 6. The van der Waals surface area contributed by atoms with Crippen molar-refractivity contribution in [3.8, 4) is 0 Å². The van der Waals surface area contributed by atoms with Gasteiger partial charge in [-0.05, 0) is 30.0 Å². The normalized spacial score (nSPS) is 31.2. The Bertz CT molecular complexity index is 845. The predicted molar refractivity (Wildman–Crippen MR) is 104 cm³/mol. The number of ether oxygens (including phenoxy) is 1. The van der Waals surface area contributed by atoms with Crippen LogP contribution >= 0.6 is 0 Å². The van der Waals surface area contributed by atoms with E-state index in [0.717, 1.165) is 37.3 Å². The first-order chi connectivity index (χ1) is 14.1. The zero-order valence-electron chi connectivity index (χ0n) is 16.3. The van der Waals surface area contributed by atoms with Crippen LogP contribution in [0.5, 0.6) is 0 Å². The largest absolute Gasteiger partial charge is 0.379 e. The molecule has 3 N–H and O–H groups in total. The van der Waals surface area contributed by atoms with Gasteiger partial charge in [-0.3, -0.25) is 19.7 Å². The van der Waals surface area contributed by atoms with E-state index < -0.39 is 6.04 Å². The number of benzene rings is 1. The van der Waals surface area contributed by atoms with E-state index in [0.29, 0.717) is 43.1 Å². The lowest BCUT2D eigenvalue weighted by atomic mass is 10.0. The Labute approximate surface area is 169 Å². The van der Waals surface area contributed by atoms with Gasteiger partial charge in [0.15, 0.2) is 0 Å². The van der Waals surface area contributed by atoms with Crippen molar-refractivity contribution >= 4 is 17.7 Å². The Morgan fingerprint density at radius 3 is 2.93 bits per heavy atom. The molecule has 0 bridgehead atoms. The summed E-state index contributed by atoms with van der Waals surface area (Å²) in [6, 6.07) is 6.13. The molecule has 8 heteroatoms. The van der Waals surface area contributed by atoms with Crippen molar-refractivity contribution in [2.75, 3.05) is 19.8 Å². The smallest absolute Gasteiger partial charge is 0.255 e. The molecule has 0 spiro atoms. The fourth-order valence-electron chi connectivity index (χ4n) is 5.09. The van der Waals surface area contributed by atoms with Gasteiger partial charge in [-0.1, -0.05) is 12.1 Å². The highest BCUT2D eigenvalue weighted by Crippen LogP contribution is 2.30. The van der Waals surface area contributed by atoms with Gasteiger partial charge in [0, 0.05) is 49.6 Å². The summed E-state index contributed by atoms with van der Waals surface area (Å²) in [5, 5.41) is 9.51. The van der Waals surface area contributed by atoms with Crippen molar-refractivity contribution in [1.82, 2.24) is 20.9 Å². The van der Waals surface area contributed by atoms with E-state index in [4.69, 9.17) is 4.74 Å². The minimum absolute atomic E-state index is 0.123. The average molecular weight is 398 g/mol. The van der Waals surface area contributed by atoms with E-state index in [9.17, 15) is 14.4 Å². The molecule has 3 fully saturated rings. The molecule has 1 aromatic rings. The van der Waals surface area contributed by atoms with Crippen molar-refractivity contribution in [1.29, 1.82) is 0 Å². The van der Waals surface area contributed by atoms with E-state index in [-0.39, 0.29) is 24.1 Å². The van der Waals surface area contributed by atoms with Crippen LogP contribution in [0.2, 0.25) is 0 Å². The van der Waals surface area contributed by atoms with Crippen molar-refractivity contribution in [3.63, 3.8) is 0 Å². The molecule has 29 heavy (non-hydrogen) atoms. The fourth-order valence-corrected chi connectivity index (χ4v) is 5.09. The van der Waals surface area contributed by atoms with Crippen molar-refractivity contribution in [3.05, 3.63) is 34.9 Å². The zero-order valence-corrected chi connectivity index (χ0v) is 16.3. The first-order valence-corrected chi connectivity index (χ1v) is 10.4. The van der Waals surface area contributed by atoms with Crippen LogP contribution in [0, 0.1) is 5.92 Å². The van der Waals surface area contributed by atoms with Gasteiger partial charge in [0.25, 0.3) is 5.91 Å². The van der Waals surface area contributed by atoms with Crippen LogP contribution in [0.15, 0.2) is 18.2 Å². The lowest BCUT2D eigenvalue weighted by molar-refractivity contribution is -0.136. The number of piperidine rings is 1. The van der Waals surface area contributed by atoms with Crippen molar-refractivity contribution in [2.24, 2.45) is 5.92 Å². The molecule has 4 heterocycles. The van der Waals surface area contributed by atoms with E-state index in [1.807, 2.05) is 18.2 Å². The highest BCUT2D eigenvalue weighted by atomic mass is 16.5. The Balaban J connectivity index is 1.22. The molecule has 0 aliphatic carbocycles. The van der Waals surface area contributed by atoms with Crippen LogP contribution in [0.1, 0.15) is 40.7 Å². The number of hydrogen-bond donors (Lipinski definition) is 3. The van der Waals surface area contributed by atoms with E-state index >= 15 is 0 Å². The Morgan fingerprint density at radius 2 is 2.10 bits per heavy atom. The van der Waals surface area contributed by atoms with Gasteiger partial charge in [-0.15, -0.1) is 0 Å². The quantitative estimate of drug-likeness (QED) is 0.600. The standard InChI is InChI=1S/C21H26N4O4/c26-19-5-4-18(20(27)24-19)25-9-16-12(2-1-3-15(16)21(25)28)7-22-8-14-6-13-10-29-11-17(13)23-14/h1-3,13-14,17-18,22-23H,4-11H2,(H,24,26,27). The number of nitrogens with zero attached hydrogens (tertiary/aromatic N) is 1. The second-order valence-corrected chi connectivity index (χ2v) is 8.48. The summed E-state index contributed by atoms with van der Waals surface area (Å²) in [6.45, 7) is 3.65. The maximum Gasteiger partial charge on any atom is 0.255 e. The van der Waals surface area contributed by atoms with Gasteiger partial charge in [-0.25, -0.2) is 0 Å². The third-order valence-corrected chi connectivity index (χ3v) is 6.62. The summed E-state index contributed by atoms with van der Waals surface area (Å²) >= 11 is 0. The molecule has 4 aliphatic rings. The second-order valence-electron chi connectivity index (χ2n) is 8.48. The Morgan fingerprint density at radius 1 is 1.21 bits per heavy atom. The molecule has 4 unspecified atom stereocenters.